The zero-order chi connectivity index (χ0) is 14.2. The summed E-state index contributed by atoms with van der Waals surface area (Å²) in [4.78, 5) is 3.90. The van der Waals surface area contributed by atoms with Crippen LogP contribution in [0.2, 0.25) is 0 Å². The molecule has 20 heavy (non-hydrogen) atoms. The molecule has 0 aliphatic carbocycles. The van der Waals surface area contributed by atoms with E-state index in [1.807, 2.05) is 18.2 Å². The van der Waals surface area contributed by atoms with Crippen molar-refractivity contribution in [2.45, 2.75) is 26.5 Å². The molecule has 0 aliphatic rings. The van der Waals surface area contributed by atoms with Gasteiger partial charge in [-0.05, 0) is 30.7 Å². The fourth-order valence-corrected chi connectivity index (χ4v) is 1.75. The lowest BCUT2D eigenvalue weighted by atomic mass is 10.2. The first kappa shape index (κ1) is 14.3. The molecule has 2 aromatic rings. The van der Waals surface area contributed by atoms with Gasteiger partial charge in [0.25, 0.3) is 0 Å². The van der Waals surface area contributed by atoms with Crippen LogP contribution in [0.4, 0.5) is 0 Å². The van der Waals surface area contributed by atoms with E-state index in [1.165, 1.54) is 6.39 Å². The normalized spacial score (nSPS) is 10.5. The summed E-state index contributed by atoms with van der Waals surface area (Å²) < 4.78 is 15.6. The van der Waals surface area contributed by atoms with Gasteiger partial charge in [-0.1, -0.05) is 18.1 Å². The molecule has 0 amide bonds. The lowest BCUT2D eigenvalue weighted by Crippen LogP contribution is -2.13. The van der Waals surface area contributed by atoms with Crippen LogP contribution >= 0.6 is 0 Å². The maximum atomic E-state index is 5.62. The lowest BCUT2D eigenvalue weighted by molar-refractivity contribution is 0.269. The maximum absolute atomic E-state index is 5.62. The first-order chi connectivity index (χ1) is 9.83. The summed E-state index contributed by atoms with van der Waals surface area (Å²) >= 11 is 0. The molecular formula is C14H19N3O3. The Morgan fingerprint density at radius 3 is 2.90 bits per heavy atom. The van der Waals surface area contributed by atoms with Gasteiger partial charge < -0.3 is 19.3 Å². The predicted molar refractivity (Wildman–Crippen MR) is 73.6 cm³/mol. The van der Waals surface area contributed by atoms with E-state index in [-0.39, 0.29) is 6.61 Å². The molecule has 0 atom stereocenters. The second-order valence-electron chi connectivity index (χ2n) is 4.30. The smallest absolute Gasteiger partial charge is 0.213 e. The number of nitrogens with one attached hydrogen (secondary N) is 1. The Kier molecular flexibility index (Phi) is 5.37. The molecule has 0 saturated carbocycles. The Hall–Kier alpha value is -2.08. The van der Waals surface area contributed by atoms with Crippen molar-refractivity contribution in [3.05, 3.63) is 36.0 Å². The third-order valence-electron chi connectivity index (χ3n) is 2.75. The Morgan fingerprint density at radius 2 is 2.20 bits per heavy atom. The maximum Gasteiger partial charge on any atom is 0.213 e. The zero-order valence-electron chi connectivity index (χ0n) is 11.8. The SMILES string of the molecule is CCCNCc1ccc(OCc2ncon2)c(OC)c1. The molecule has 6 nitrogen and oxygen atoms in total. The van der Waals surface area contributed by atoms with Crippen LogP contribution in [0.1, 0.15) is 24.7 Å². The number of nitrogens with zero attached hydrogens (tertiary/aromatic N) is 2. The predicted octanol–water partition coefficient (Wildman–Crippen LogP) is 2.16. The largest absolute Gasteiger partial charge is 0.493 e. The summed E-state index contributed by atoms with van der Waals surface area (Å²) in [5.74, 6) is 1.86. The van der Waals surface area contributed by atoms with Crippen molar-refractivity contribution >= 4 is 0 Å². The monoisotopic (exact) mass is 277 g/mol. The number of aromatic nitrogens is 2. The Labute approximate surface area is 118 Å². The molecule has 1 aromatic heterocycles. The van der Waals surface area contributed by atoms with Crippen molar-refractivity contribution in [1.29, 1.82) is 0 Å². The van der Waals surface area contributed by atoms with Crippen LogP contribution < -0.4 is 14.8 Å². The van der Waals surface area contributed by atoms with E-state index in [0.29, 0.717) is 17.3 Å². The Bertz CT molecular complexity index is 514. The number of methoxy groups -OCH3 is 1. The highest BCUT2D eigenvalue weighted by Gasteiger charge is 2.07. The summed E-state index contributed by atoms with van der Waals surface area (Å²) in [6.45, 7) is 4.20. The average Bonchev–Trinajstić information content (AvgIpc) is 2.99. The first-order valence-electron chi connectivity index (χ1n) is 6.59. The summed E-state index contributed by atoms with van der Waals surface area (Å²) in [7, 11) is 1.62. The summed E-state index contributed by atoms with van der Waals surface area (Å²) in [6, 6.07) is 5.87. The topological polar surface area (TPSA) is 69.4 Å². The van der Waals surface area contributed by atoms with Gasteiger partial charge in [-0.25, -0.2) is 0 Å². The molecule has 0 fully saturated rings. The van der Waals surface area contributed by atoms with E-state index in [0.717, 1.165) is 25.1 Å². The van der Waals surface area contributed by atoms with Crippen LogP contribution in [0.3, 0.4) is 0 Å². The van der Waals surface area contributed by atoms with Crippen LogP contribution in [0.25, 0.3) is 0 Å². The third kappa shape index (κ3) is 3.96. The van der Waals surface area contributed by atoms with E-state index >= 15 is 0 Å². The van der Waals surface area contributed by atoms with Gasteiger partial charge in [0, 0.05) is 6.54 Å². The molecule has 6 heteroatoms. The molecule has 2 rings (SSSR count). The van der Waals surface area contributed by atoms with Gasteiger partial charge in [0.1, 0.15) is 0 Å². The van der Waals surface area contributed by atoms with Crippen molar-refractivity contribution in [3.63, 3.8) is 0 Å². The summed E-state index contributed by atoms with van der Waals surface area (Å²) in [5, 5.41) is 7.04. The highest BCUT2D eigenvalue weighted by atomic mass is 16.5. The average molecular weight is 277 g/mol. The number of ether oxygens (including phenoxy) is 2. The second-order valence-corrected chi connectivity index (χ2v) is 4.30. The zero-order valence-corrected chi connectivity index (χ0v) is 11.8. The van der Waals surface area contributed by atoms with E-state index in [1.54, 1.807) is 7.11 Å². The fraction of sp³-hybridized carbons (Fsp3) is 0.429. The molecule has 1 N–H and O–H groups in total. The first-order valence-corrected chi connectivity index (χ1v) is 6.59. The molecule has 0 unspecified atom stereocenters. The van der Waals surface area contributed by atoms with Gasteiger partial charge in [-0.15, -0.1) is 0 Å². The van der Waals surface area contributed by atoms with Gasteiger partial charge in [0.2, 0.25) is 12.2 Å². The minimum absolute atomic E-state index is 0.250. The molecular weight excluding hydrogens is 258 g/mol. The number of hydrogen-bond acceptors (Lipinski definition) is 6. The van der Waals surface area contributed by atoms with Crippen molar-refractivity contribution < 1.29 is 14.0 Å². The summed E-state index contributed by atoms with van der Waals surface area (Å²) in [6.07, 6.45) is 2.39. The second kappa shape index (κ2) is 7.49. The quantitative estimate of drug-likeness (QED) is 0.746. The molecule has 108 valence electrons. The van der Waals surface area contributed by atoms with Gasteiger partial charge in [-0.2, -0.15) is 4.98 Å². The number of hydrogen-bond donors (Lipinski definition) is 1. The van der Waals surface area contributed by atoms with E-state index in [9.17, 15) is 0 Å². The Balaban J connectivity index is 1.98. The van der Waals surface area contributed by atoms with E-state index in [4.69, 9.17) is 9.47 Å². The van der Waals surface area contributed by atoms with Crippen LogP contribution in [0.15, 0.2) is 29.1 Å². The number of benzene rings is 1. The van der Waals surface area contributed by atoms with Crippen LogP contribution in [-0.4, -0.2) is 23.8 Å². The molecule has 1 aromatic carbocycles. The van der Waals surface area contributed by atoms with Gasteiger partial charge in [0.05, 0.1) is 7.11 Å². The van der Waals surface area contributed by atoms with Crippen LogP contribution in [0, 0.1) is 0 Å². The van der Waals surface area contributed by atoms with Crippen molar-refractivity contribution in [2.75, 3.05) is 13.7 Å². The Morgan fingerprint density at radius 1 is 1.30 bits per heavy atom. The molecule has 0 saturated heterocycles. The lowest BCUT2D eigenvalue weighted by Gasteiger charge is -2.11. The van der Waals surface area contributed by atoms with Crippen LogP contribution in [0.5, 0.6) is 11.5 Å². The molecule has 0 spiro atoms. The van der Waals surface area contributed by atoms with Gasteiger partial charge in [-0.3, -0.25) is 0 Å². The molecule has 0 radical (unpaired) electrons. The molecule has 1 heterocycles. The van der Waals surface area contributed by atoms with Crippen LogP contribution in [-0.2, 0) is 13.2 Å². The van der Waals surface area contributed by atoms with Crippen molar-refractivity contribution in [2.24, 2.45) is 0 Å². The van der Waals surface area contributed by atoms with Crippen molar-refractivity contribution in [1.82, 2.24) is 15.5 Å². The third-order valence-corrected chi connectivity index (χ3v) is 2.75. The van der Waals surface area contributed by atoms with Crippen molar-refractivity contribution in [3.8, 4) is 11.5 Å². The van der Waals surface area contributed by atoms with Gasteiger partial charge in [0.15, 0.2) is 18.1 Å². The van der Waals surface area contributed by atoms with E-state index in [2.05, 4.69) is 26.9 Å². The highest BCUT2D eigenvalue weighted by Crippen LogP contribution is 2.28. The number of rotatable bonds is 8. The minimum atomic E-state index is 0.250. The minimum Gasteiger partial charge on any atom is -0.493 e. The molecule has 0 aliphatic heterocycles. The fourth-order valence-electron chi connectivity index (χ4n) is 1.75. The standard InChI is InChI=1S/C14H19N3O3/c1-3-6-15-8-11-4-5-12(13(7-11)18-2)19-9-14-16-10-20-17-14/h4-5,7,10,15H,3,6,8-9H2,1-2H3. The molecule has 0 bridgehead atoms. The highest BCUT2D eigenvalue weighted by molar-refractivity contribution is 5.42. The van der Waals surface area contributed by atoms with E-state index < -0.39 is 0 Å². The summed E-state index contributed by atoms with van der Waals surface area (Å²) in [5.41, 5.74) is 1.15. The van der Waals surface area contributed by atoms with Gasteiger partial charge >= 0.3 is 0 Å².